The maximum Gasteiger partial charge on any atom is 0.356 e. The molecule has 8 heteroatoms. The molecule has 1 aromatic rings. The summed E-state index contributed by atoms with van der Waals surface area (Å²) in [4.78, 5) is 28.0. The van der Waals surface area contributed by atoms with Gasteiger partial charge in [0.25, 0.3) is 0 Å². The molecule has 2 atom stereocenters. The molecule has 0 N–H and O–H groups in total. The summed E-state index contributed by atoms with van der Waals surface area (Å²) in [6.45, 7) is 2.50. The molecule has 1 fully saturated rings. The molecule has 1 aliphatic rings. The van der Waals surface area contributed by atoms with Gasteiger partial charge in [-0.2, -0.15) is 0 Å². The fraction of sp³-hybridized carbons (Fsp3) is 0.538. The molecule has 2 heterocycles. The van der Waals surface area contributed by atoms with Crippen molar-refractivity contribution < 1.29 is 19.2 Å². The van der Waals surface area contributed by atoms with Crippen molar-refractivity contribution in [3.05, 3.63) is 27.9 Å². The highest BCUT2D eigenvalue weighted by molar-refractivity contribution is 5.88. The van der Waals surface area contributed by atoms with Crippen LogP contribution in [-0.2, 0) is 9.47 Å². The van der Waals surface area contributed by atoms with Crippen molar-refractivity contribution >= 4 is 17.5 Å². The molecule has 1 aromatic heterocycles. The van der Waals surface area contributed by atoms with Crippen LogP contribution >= 0.6 is 0 Å². The molecular weight excluding hydrogens is 278 g/mol. The number of ether oxygens (including phenoxy) is 2. The molecule has 2 unspecified atom stereocenters. The van der Waals surface area contributed by atoms with Gasteiger partial charge in [0.05, 0.1) is 24.2 Å². The van der Waals surface area contributed by atoms with E-state index in [0.717, 1.165) is 6.42 Å². The van der Waals surface area contributed by atoms with E-state index in [1.807, 2.05) is 6.92 Å². The summed E-state index contributed by atoms with van der Waals surface area (Å²) in [5.74, 6) is -0.486. The van der Waals surface area contributed by atoms with Crippen LogP contribution in [0.25, 0.3) is 0 Å². The number of anilines is 1. The number of nitro groups is 1. The van der Waals surface area contributed by atoms with Crippen LogP contribution in [0.3, 0.4) is 0 Å². The van der Waals surface area contributed by atoms with E-state index in [1.165, 1.54) is 19.2 Å². The maximum absolute atomic E-state index is 11.6. The van der Waals surface area contributed by atoms with Crippen molar-refractivity contribution in [2.75, 3.05) is 25.7 Å². The zero-order valence-electron chi connectivity index (χ0n) is 12.1. The van der Waals surface area contributed by atoms with Crippen molar-refractivity contribution in [3.63, 3.8) is 0 Å². The van der Waals surface area contributed by atoms with Crippen LogP contribution in [0.1, 0.15) is 23.8 Å². The van der Waals surface area contributed by atoms with Crippen molar-refractivity contribution in [1.82, 2.24) is 4.98 Å². The minimum atomic E-state index is -0.629. The Morgan fingerprint density at radius 3 is 2.81 bits per heavy atom. The molecular formula is C13H17N3O5. The van der Waals surface area contributed by atoms with E-state index in [1.54, 1.807) is 11.9 Å². The van der Waals surface area contributed by atoms with Crippen molar-refractivity contribution in [3.8, 4) is 0 Å². The second kappa shape index (κ2) is 6.04. The van der Waals surface area contributed by atoms with Crippen LogP contribution < -0.4 is 4.90 Å². The Morgan fingerprint density at radius 1 is 1.57 bits per heavy atom. The molecule has 0 saturated carbocycles. The minimum Gasteiger partial charge on any atom is -0.464 e. The van der Waals surface area contributed by atoms with Gasteiger partial charge in [0.1, 0.15) is 0 Å². The lowest BCUT2D eigenvalue weighted by Crippen LogP contribution is -2.37. The first kappa shape index (κ1) is 15.2. The van der Waals surface area contributed by atoms with Crippen LogP contribution in [0.4, 0.5) is 11.5 Å². The van der Waals surface area contributed by atoms with Gasteiger partial charge in [-0.25, -0.2) is 9.78 Å². The number of esters is 1. The number of nitrogens with zero attached hydrogens (tertiary/aromatic N) is 3. The quantitative estimate of drug-likeness (QED) is 0.470. The Morgan fingerprint density at radius 2 is 2.29 bits per heavy atom. The van der Waals surface area contributed by atoms with Gasteiger partial charge in [-0.1, -0.05) is 0 Å². The predicted octanol–water partition coefficient (Wildman–Crippen LogP) is 1.39. The van der Waals surface area contributed by atoms with E-state index in [4.69, 9.17) is 4.74 Å². The molecule has 8 nitrogen and oxygen atoms in total. The highest BCUT2D eigenvalue weighted by Crippen LogP contribution is 2.30. The molecule has 2 rings (SSSR count). The number of hydrogen-bond donors (Lipinski definition) is 0. The van der Waals surface area contributed by atoms with Gasteiger partial charge < -0.3 is 14.4 Å². The fourth-order valence-corrected chi connectivity index (χ4v) is 2.45. The number of carbonyl (C=O) groups excluding carboxylic acids is 1. The standard InChI is InChI=1S/C13H17N3O5/c1-8-10(6-7-21-8)15(2)12-11(16(18)19)5-4-9(14-12)13(17)20-3/h4-5,8,10H,6-7H2,1-3H3. The lowest BCUT2D eigenvalue weighted by atomic mass is 10.1. The molecule has 1 aliphatic heterocycles. The summed E-state index contributed by atoms with van der Waals surface area (Å²) < 4.78 is 10.1. The summed E-state index contributed by atoms with van der Waals surface area (Å²) in [7, 11) is 2.95. The SMILES string of the molecule is COC(=O)c1ccc([N+](=O)[O-])c(N(C)C2CCOC2C)n1. The molecule has 0 aromatic carbocycles. The van der Waals surface area contributed by atoms with E-state index in [0.29, 0.717) is 6.61 Å². The van der Waals surface area contributed by atoms with Crippen molar-refractivity contribution in [2.45, 2.75) is 25.5 Å². The van der Waals surface area contributed by atoms with Crippen LogP contribution in [0.5, 0.6) is 0 Å². The Kier molecular flexibility index (Phi) is 4.37. The Bertz CT molecular complexity index is 563. The topological polar surface area (TPSA) is 94.8 Å². The monoisotopic (exact) mass is 295 g/mol. The first-order valence-electron chi connectivity index (χ1n) is 6.54. The molecule has 0 amide bonds. The van der Waals surface area contributed by atoms with E-state index in [9.17, 15) is 14.9 Å². The van der Waals surface area contributed by atoms with Crippen molar-refractivity contribution in [1.29, 1.82) is 0 Å². The molecule has 0 aliphatic carbocycles. The summed E-state index contributed by atoms with van der Waals surface area (Å²) in [6.07, 6.45) is 0.692. The van der Waals surface area contributed by atoms with Crippen LogP contribution in [0.2, 0.25) is 0 Å². The zero-order valence-corrected chi connectivity index (χ0v) is 12.1. The summed E-state index contributed by atoms with van der Waals surface area (Å²) >= 11 is 0. The lowest BCUT2D eigenvalue weighted by molar-refractivity contribution is -0.384. The number of pyridine rings is 1. The third kappa shape index (κ3) is 2.94. The summed E-state index contributed by atoms with van der Waals surface area (Å²) in [5, 5.41) is 11.2. The highest BCUT2D eigenvalue weighted by atomic mass is 16.6. The van der Waals surface area contributed by atoms with E-state index in [2.05, 4.69) is 9.72 Å². The molecule has 114 valence electrons. The fourth-order valence-electron chi connectivity index (χ4n) is 2.45. The average Bonchev–Trinajstić information content (AvgIpc) is 2.91. The first-order valence-corrected chi connectivity index (χ1v) is 6.54. The van der Waals surface area contributed by atoms with Crippen LogP contribution in [-0.4, -0.2) is 48.8 Å². The molecule has 0 radical (unpaired) electrons. The summed E-state index contributed by atoms with van der Waals surface area (Å²) in [5.41, 5.74) is -0.110. The predicted molar refractivity (Wildman–Crippen MR) is 74.5 cm³/mol. The Labute approximate surface area is 121 Å². The average molecular weight is 295 g/mol. The molecule has 1 saturated heterocycles. The number of methoxy groups -OCH3 is 1. The van der Waals surface area contributed by atoms with Crippen LogP contribution in [0, 0.1) is 10.1 Å². The molecule has 21 heavy (non-hydrogen) atoms. The normalized spacial score (nSPS) is 21.1. The third-order valence-electron chi connectivity index (χ3n) is 3.61. The number of hydrogen-bond acceptors (Lipinski definition) is 7. The lowest BCUT2D eigenvalue weighted by Gasteiger charge is -2.27. The summed E-state index contributed by atoms with van der Waals surface area (Å²) in [6, 6.07) is 2.53. The second-order valence-electron chi connectivity index (χ2n) is 4.83. The van der Waals surface area contributed by atoms with Gasteiger partial charge in [-0.15, -0.1) is 0 Å². The van der Waals surface area contributed by atoms with E-state index < -0.39 is 10.9 Å². The van der Waals surface area contributed by atoms with Gasteiger partial charge in [0.15, 0.2) is 5.69 Å². The van der Waals surface area contributed by atoms with Gasteiger partial charge in [0.2, 0.25) is 5.82 Å². The van der Waals surface area contributed by atoms with Crippen LogP contribution in [0.15, 0.2) is 12.1 Å². The number of aromatic nitrogens is 1. The van der Waals surface area contributed by atoms with Gasteiger partial charge >= 0.3 is 11.7 Å². The van der Waals surface area contributed by atoms with Gasteiger partial charge in [-0.05, 0) is 19.4 Å². The number of carbonyl (C=O) groups is 1. The van der Waals surface area contributed by atoms with E-state index in [-0.39, 0.29) is 29.3 Å². The third-order valence-corrected chi connectivity index (χ3v) is 3.61. The molecule has 0 spiro atoms. The number of likely N-dealkylation sites (N-methyl/N-ethyl adjacent to an activating group) is 1. The number of rotatable bonds is 4. The van der Waals surface area contributed by atoms with Gasteiger partial charge in [0, 0.05) is 19.7 Å². The second-order valence-corrected chi connectivity index (χ2v) is 4.83. The highest BCUT2D eigenvalue weighted by Gasteiger charge is 2.32. The smallest absolute Gasteiger partial charge is 0.356 e. The van der Waals surface area contributed by atoms with Crippen molar-refractivity contribution in [2.24, 2.45) is 0 Å². The molecule has 0 bridgehead atoms. The van der Waals surface area contributed by atoms with E-state index >= 15 is 0 Å². The maximum atomic E-state index is 11.6. The largest absolute Gasteiger partial charge is 0.464 e. The minimum absolute atomic E-state index is 0.0240. The first-order chi connectivity index (χ1) is 9.95. The van der Waals surface area contributed by atoms with Gasteiger partial charge in [-0.3, -0.25) is 10.1 Å². The Balaban J connectivity index is 2.42. The Hall–Kier alpha value is -2.22. The zero-order chi connectivity index (χ0) is 15.6.